The van der Waals surface area contributed by atoms with E-state index < -0.39 is 47.9 Å². The third-order valence-corrected chi connectivity index (χ3v) is 7.10. The number of benzene rings is 3. The fourth-order valence-corrected chi connectivity index (χ4v) is 5.29. The predicted octanol–water partition coefficient (Wildman–Crippen LogP) is 8.70. The summed E-state index contributed by atoms with van der Waals surface area (Å²) in [4.78, 5) is 14.6. The van der Waals surface area contributed by atoms with Crippen LogP contribution in [-0.4, -0.2) is 35.8 Å². The minimum atomic E-state index is -4.96. The van der Waals surface area contributed by atoms with Gasteiger partial charge in [0, 0.05) is 24.9 Å². The number of nitrogens with zero attached hydrogens (tertiary/aromatic N) is 1. The third kappa shape index (κ3) is 8.06. The van der Waals surface area contributed by atoms with Crippen LogP contribution in [0.1, 0.15) is 60.9 Å². The number of alkyl halides is 6. The Morgan fingerprint density at radius 1 is 0.833 bits per heavy atom. The van der Waals surface area contributed by atoms with Crippen LogP contribution in [0.25, 0.3) is 0 Å². The van der Waals surface area contributed by atoms with Gasteiger partial charge in [-0.25, -0.2) is 4.79 Å². The summed E-state index contributed by atoms with van der Waals surface area (Å²) < 4.78 is 92.5. The van der Waals surface area contributed by atoms with Crippen LogP contribution in [-0.2, 0) is 28.4 Å². The summed E-state index contributed by atoms with van der Waals surface area (Å²) in [5.74, 6) is -0.668. The largest absolute Gasteiger partial charge is 0.444 e. The minimum absolute atomic E-state index is 0.104. The highest BCUT2D eigenvalue weighted by molar-refractivity contribution is 5.68. The summed E-state index contributed by atoms with van der Waals surface area (Å²) in [6, 6.07) is 20.6. The minimum Gasteiger partial charge on any atom is -0.444 e. The van der Waals surface area contributed by atoms with Crippen molar-refractivity contribution in [3.05, 3.63) is 107 Å². The van der Waals surface area contributed by atoms with Gasteiger partial charge in [-0.1, -0.05) is 60.7 Å². The van der Waals surface area contributed by atoms with E-state index in [2.05, 4.69) is 0 Å². The zero-order valence-corrected chi connectivity index (χ0v) is 23.5. The second-order valence-electron chi connectivity index (χ2n) is 11.4. The molecule has 0 spiro atoms. The molecular formula is C32H33F6NO3. The Kier molecular flexibility index (Phi) is 9.25. The Balaban J connectivity index is 1.69. The van der Waals surface area contributed by atoms with Crippen molar-refractivity contribution in [2.75, 3.05) is 13.1 Å². The molecule has 0 unspecified atom stereocenters. The molecule has 10 heteroatoms. The van der Waals surface area contributed by atoms with E-state index in [0.717, 1.165) is 11.1 Å². The van der Waals surface area contributed by atoms with Gasteiger partial charge in [-0.2, -0.15) is 26.3 Å². The first kappa shape index (κ1) is 31.4. The van der Waals surface area contributed by atoms with E-state index in [9.17, 15) is 31.1 Å². The molecule has 0 saturated carbocycles. The molecule has 226 valence electrons. The van der Waals surface area contributed by atoms with Gasteiger partial charge < -0.3 is 14.4 Å². The highest BCUT2D eigenvalue weighted by Crippen LogP contribution is 2.40. The van der Waals surface area contributed by atoms with Crippen molar-refractivity contribution < 1.29 is 40.6 Å². The molecule has 0 radical (unpaired) electrons. The van der Waals surface area contributed by atoms with Crippen LogP contribution in [0.15, 0.2) is 78.9 Å². The highest BCUT2D eigenvalue weighted by Gasteiger charge is 2.41. The molecule has 3 aromatic rings. The monoisotopic (exact) mass is 593 g/mol. The molecule has 0 aromatic heterocycles. The van der Waals surface area contributed by atoms with E-state index in [4.69, 9.17) is 9.47 Å². The number of rotatable bonds is 6. The van der Waals surface area contributed by atoms with Gasteiger partial charge in [-0.3, -0.25) is 0 Å². The molecule has 3 aromatic carbocycles. The average molecular weight is 594 g/mol. The normalized spacial score (nSPS) is 18.3. The average Bonchev–Trinajstić information content (AvgIpc) is 2.91. The summed E-state index contributed by atoms with van der Waals surface area (Å²) in [7, 11) is 0. The number of piperidine rings is 1. The lowest BCUT2D eigenvalue weighted by Crippen LogP contribution is -2.50. The summed E-state index contributed by atoms with van der Waals surface area (Å²) in [5, 5.41) is 0. The van der Waals surface area contributed by atoms with Crippen molar-refractivity contribution in [1.29, 1.82) is 0 Å². The molecule has 2 atom stereocenters. The van der Waals surface area contributed by atoms with Gasteiger partial charge in [-0.15, -0.1) is 0 Å². The summed E-state index contributed by atoms with van der Waals surface area (Å²) >= 11 is 0. The quantitative estimate of drug-likeness (QED) is 0.269. The molecular weight excluding hydrogens is 560 g/mol. The summed E-state index contributed by atoms with van der Waals surface area (Å²) in [5.41, 5.74) is -1.87. The standard InChI is InChI=1S/C32H33F6NO3/c1-30(2,3)42-29(40)39-15-14-27(41-20-21-16-24(31(33,34)35)18-25(17-21)32(36,37)38)26(19-39)28(22-10-6-4-7-11-22)23-12-8-5-9-13-23/h4-13,16-18,26-28H,14-15,19-20H2,1-3H3/t26-,27+/m0/s1. The van der Waals surface area contributed by atoms with Crippen molar-refractivity contribution in [1.82, 2.24) is 4.90 Å². The maximum atomic E-state index is 13.5. The second-order valence-corrected chi connectivity index (χ2v) is 11.4. The fraction of sp³-hybridized carbons (Fsp3) is 0.406. The van der Waals surface area contributed by atoms with E-state index in [1.165, 1.54) is 0 Å². The lowest BCUT2D eigenvalue weighted by molar-refractivity contribution is -0.143. The molecule has 4 nitrogen and oxygen atoms in total. The molecule has 1 amide bonds. The Labute approximate surface area is 241 Å². The van der Waals surface area contributed by atoms with Crippen LogP contribution in [0.2, 0.25) is 0 Å². The third-order valence-electron chi connectivity index (χ3n) is 7.10. The highest BCUT2D eigenvalue weighted by atomic mass is 19.4. The molecule has 1 aliphatic rings. The number of halogens is 6. The van der Waals surface area contributed by atoms with Gasteiger partial charge in [0.1, 0.15) is 5.60 Å². The lowest BCUT2D eigenvalue weighted by atomic mass is 9.75. The number of carbonyl (C=O) groups is 1. The van der Waals surface area contributed by atoms with Crippen LogP contribution in [0.3, 0.4) is 0 Å². The van der Waals surface area contributed by atoms with Crippen molar-refractivity contribution in [3.63, 3.8) is 0 Å². The Bertz CT molecular complexity index is 1260. The fourth-order valence-electron chi connectivity index (χ4n) is 5.29. The van der Waals surface area contributed by atoms with Crippen LogP contribution in [0, 0.1) is 5.92 Å². The molecule has 42 heavy (non-hydrogen) atoms. The number of amides is 1. The molecule has 0 bridgehead atoms. The Morgan fingerprint density at radius 2 is 1.33 bits per heavy atom. The number of carbonyl (C=O) groups excluding carboxylic acids is 1. The van der Waals surface area contributed by atoms with Crippen LogP contribution in [0.4, 0.5) is 31.1 Å². The van der Waals surface area contributed by atoms with Crippen molar-refractivity contribution in [3.8, 4) is 0 Å². The number of ether oxygens (including phenoxy) is 2. The van der Waals surface area contributed by atoms with Gasteiger partial charge in [0.15, 0.2) is 0 Å². The van der Waals surface area contributed by atoms with Crippen LogP contribution < -0.4 is 0 Å². The molecule has 1 fully saturated rings. The maximum Gasteiger partial charge on any atom is 0.416 e. The molecule has 1 saturated heterocycles. The molecule has 4 rings (SSSR count). The smallest absolute Gasteiger partial charge is 0.416 e. The van der Waals surface area contributed by atoms with E-state index in [1.54, 1.807) is 25.7 Å². The molecule has 0 N–H and O–H groups in total. The van der Waals surface area contributed by atoms with E-state index in [-0.39, 0.29) is 36.6 Å². The number of hydrogen-bond donors (Lipinski definition) is 0. The molecule has 1 aliphatic heterocycles. The zero-order valence-electron chi connectivity index (χ0n) is 23.5. The zero-order chi connectivity index (χ0) is 30.7. The topological polar surface area (TPSA) is 38.8 Å². The van der Waals surface area contributed by atoms with Crippen molar-refractivity contribution >= 4 is 6.09 Å². The van der Waals surface area contributed by atoms with Gasteiger partial charge >= 0.3 is 18.4 Å². The van der Waals surface area contributed by atoms with Crippen molar-refractivity contribution in [2.45, 2.75) is 63.8 Å². The van der Waals surface area contributed by atoms with Crippen LogP contribution >= 0.6 is 0 Å². The van der Waals surface area contributed by atoms with Crippen LogP contribution in [0.5, 0.6) is 0 Å². The molecule has 0 aliphatic carbocycles. The summed E-state index contributed by atoms with van der Waals surface area (Å²) in [6.45, 7) is 5.29. The van der Waals surface area contributed by atoms with E-state index in [1.807, 2.05) is 60.7 Å². The van der Waals surface area contributed by atoms with Gasteiger partial charge in [-0.05, 0) is 62.1 Å². The van der Waals surface area contributed by atoms with Crippen molar-refractivity contribution in [2.24, 2.45) is 5.92 Å². The maximum absolute atomic E-state index is 13.5. The van der Waals surface area contributed by atoms with E-state index in [0.29, 0.717) is 18.6 Å². The Hall–Kier alpha value is -3.53. The Morgan fingerprint density at radius 3 is 1.79 bits per heavy atom. The van der Waals surface area contributed by atoms with E-state index >= 15 is 0 Å². The number of likely N-dealkylation sites (tertiary alicyclic amines) is 1. The first-order chi connectivity index (χ1) is 19.6. The second kappa shape index (κ2) is 12.4. The van der Waals surface area contributed by atoms with Gasteiger partial charge in [0.2, 0.25) is 0 Å². The number of hydrogen-bond acceptors (Lipinski definition) is 3. The SMILES string of the molecule is CC(C)(C)OC(=O)N1CC[C@@H](OCc2cc(C(F)(F)F)cc(C(F)(F)F)c2)[C@@H](C(c2ccccc2)c2ccccc2)C1. The predicted molar refractivity (Wildman–Crippen MR) is 146 cm³/mol. The lowest BCUT2D eigenvalue weighted by Gasteiger charge is -2.42. The first-order valence-electron chi connectivity index (χ1n) is 13.6. The van der Waals surface area contributed by atoms with Gasteiger partial charge in [0.25, 0.3) is 0 Å². The first-order valence-corrected chi connectivity index (χ1v) is 13.6. The summed E-state index contributed by atoms with van der Waals surface area (Å²) in [6.07, 6.45) is -10.7. The van der Waals surface area contributed by atoms with Gasteiger partial charge in [0.05, 0.1) is 23.8 Å². The molecule has 1 heterocycles.